The third kappa shape index (κ3) is 22.4. The third-order valence-electron chi connectivity index (χ3n) is 0. The predicted octanol–water partition coefficient (Wildman–Crippen LogP) is -0.383. The SMILES string of the molecule is [Al].[Cu].[Dy].[Nd].[Pr].[Tb]. The second kappa shape index (κ2) is 30.2. The smallest absolute Gasteiger partial charge is 0 e. The van der Waals surface area contributed by atoms with Crippen molar-refractivity contribution in [1.82, 2.24) is 0 Å². The second-order valence-corrected chi connectivity index (χ2v) is 0. The fraction of sp³-hybridized carbons (Fsp3) is 0. The molecule has 0 aliphatic heterocycles. The van der Waals surface area contributed by atoms with E-state index in [4.69, 9.17) is 0 Å². The molecule has 40 valence electrons. The molecule has 0 aliphatic rings. The first-order chi connectivity index (χ1) is 0. The van der Waals surface area contributed by atoms with Crippen molar-refractivity contribution in [2.24, 2.45) is 0 Å². The van der Waals surface area contributed by atoms with Gasteiger partial charge in [-0.2, -0.15) is 0 Å². The summed E-state index contributed by atoms with van der Waals surface area (Å²) in [5.41, 5.74) is 0. The van der Waals surface area contributed by atoms with Crippen molar-refractivity contribution >= 4 is 17.4 Å². The van der Waals surface area contributed by atoms with Crippen LogP contribution in [0.3, 0.4) is 0 Å². The topological polar surface area (TPSA) is 0 Å². The van der Waals surface area contributed by atoms with E-state index >= 15 is 0 Å². The Balaban J connectivity index is 0. The Labute approximate surface area is 187 Å². The first-order valence-electron chi connectivity index (χ1n) is 0. The maximum Gasteiger partial charge on any atom is 0 e. The van der Waals surface area contributed by atoms with Gasteiger partial charge in [0.05, 0.1) is 0 Å². The molecule has 0 heterocycles. The first-order valence-corrected chi connectivity index (χ1v) is 0. The normalized spacial score (nSPS) is 0. The number of rotatable bonds is 0. The minimum atomic E-state index is 0. The Morgan fingerprint density at radius 3 is 1.00 bits per heavy atom. The molecule has 0 aliphatic carbocycles. The van der Waals surface area contributed by atoms with Crippen LogP contribution in [0.5, 0.6) is 0 Å². The van der Waals surface area contributed by atoms with Gasteiger partial charge in [0, 0.05) is 193 Å². The van der Waals surface area contributed by atoms with Gasteiger partial charge in [0.15, 0.2) is 0 Å². The van der Waals surface area contributed by atoms with E-state index in [2.05, 4.69) is 0 Å². The van der Waals surface area contributed by atoms with Gasteiger partial charge in [-0.1, -0.05) is 0 Å². The molecule has 0 nitrogen and oxygen atoms in total. The van der Waals surface area contributed by atoms with Gasteiger partial charge in [-0.3, -0.25) is 0 Å². The molecule has 0 saturated heterocycles. The molecule has 0 atom stereocenters. The van der Waals surface area contributed by atoms with Crippen LogP contribution in [0.25, 0.3) is 0 Å². The van der Waals surface area contributed by atoms with Crippen LogP contribution in [-0.2, 0) is 17.1 Å². The van der Waals surface area contributed by atoms with Crippen LogP contribution in [-0.4, -0.2) is 17.4 Å². The zero-order valence-corrected chi connectivity index (χ0v) is 15.8. The van der Waals surface area contributed by atoms with Crippen molar-refractivity contribution in [2.45, 2.75) is 0 Å². The van der Waals surface area contributed by atoms with Crippen LogP contribution < -0.4 is 0 Å². The van der Waals surface area contributed by atoms with Gasteiger partial charge in [-0.25, -0.2) is 0 Å². The average molecular weight is 697 g/mol. The van der Waals surface area contributed by atoms with E-state index in [-0.39, 0.29) is 193 Å². The summed E-state index contributed by atoms with van der Waals surface area (Å²) in [4.78, 5) is 0. The van der Waals surface area contributed by atoms with Crippen LogP contribution in [0.15, 0.2) is 0 Å². The Kier molecular flexibility index (Phi) is 199. The van der Waals surface area contributed by atoms with E-state index < -0.39 is 0 Å². The molecule has 0 N–H and O–H groups in total. The maximum absolute atomic E-state index is 0. The summed E-state index contributed by atoms with van der Waals surface area (Å²) in [6.45, 7) is 0. The fourth-order valence-corrected chi connectivity index (χ4v) is 0. The van der Waals surface area contributed by atoms with Crippen molar-refractivity contribution in [3.63, 3.8) is 0 Å². The summed E-state index contributed by atoms with van der Waals surface area (Å²) in [5.74, 6) is 0. The molecule has 0 spiro atoms. The summed E-state index contributed by atoms with van der Waals surface area (Å²) in [7, 11) is 0. The standard InChI is InChI=1S/Al.Cu.Dy.Nd.Pr.Tb. The van der Waals surface area contributed by atoms with Gasteiger partial charge in [-0.15, -0.1) is 0 Å². The van der Waals surface area contributed by atoms with Gasteiger partial charge in [0.2, 0.25) is 0 Å². The molecule has 0 fully saturated rings. The molecule has 0 unspecified atom stereocenters. The Hall–Kier alpha value is 6.32. The Morgan fingerprint density at radius 2 is 1.00 bits per heavy atom. The molecule has 0 amide bonds. The van der Waals surface area contributed by atoms with Crippen LogP contribution in [0, 0.1) is 159 Å². The molecule has 6 heteroatoms. The predicted molar refractivity (Wildman–Crippen MR) is 5.75 cm³/mol. The van der Waals surface area contributed by atoms with Crippen LogP contribution in [0.4, 0.5) is 0 Å². The second-order valence-electron chi connectivity index (χ2n) is 0. The van der Waals surface area contributed by atoms with Crippen LogP contribution in [0.1, 0.15) is 0 Å². The van der Waals surface area contributed by atoms with E-state index in [0.29, 0.717) is 0 Å². The largest absolute Gasteiger partial charge is 0 e. The van der Waals surface area contributed by atoms with Crippen molar-refractivity contribution < 1.29 is 176 Å². The fourth-order valence-electron chi connectivity index (χ4n) is 0. The van der Waals surface area contributed by atoms with Crippen molar-refractivity contribution in [1.29, 1.82) is 0 Å². The number of hydrogen-bond donors (Lipinski definition) is 0. The molecular formula is AlCuDyNdPrTb. The zero-order chi connectivity index (χ0) is 0. The van der Waals surface area contributed by atoms with Gasteiger partial charge in [0.1, 0.15) is 0 Å². The van der Waals surface area contributed by atoms with E-state index in [1.807, 2.05) is 0 Å². The van der Waals surface area contributed by atoms with E-state index in [1.165, 1.54) is 0 Å². The Morgan fingerprint density at radius 1 is 1.00 bits per heavy atom. The van der Waals surface area contributed by atoms with Gasteiger partial charge in [0.25, 0.3) is 0 Å². The molecule has 0 saturated carbocycles. The number of hydrogen-bond acceptors (Lipinski definition) is 0. The summed E-state index contributed by atoms with van der Waals surface area (Å²) in [5, 5.41) is 0. The molecular weight excluding hydrogens is 697 g/mol. The summed E-state index contributed by atoms with van der Waals surface area (Å²) in [6.07, 6.45) is 0. The zero-order valence-electron chi connectivity index (χ0n) is 2.61. The van der Waals surface area contributed by atoms with Gasteiger partial charge in [-0.05, 0) is 0 Å². The summed E-state index contributed by atoms with van der Waals surface area (Å²) >= 11 is 0. The molecule has 0 bridgehead atoms. The van der Waals surface area contributed by atoms with Crippen molar-refractivity contribution in [3.8, 4) is 0 Å². The quantitative estimate of drug-likeness (QED) is 0.304. The third-order valence-corrected chi connectivity index (χ3v) is 0. The molecule has 0 aromatic carbocycles. The minimum Gasteiger partial charge on any atom is 0 e. The van der Waals surface area contributed by atoms with Crippen molar-refractivity contribution in [2.75, 3.05) is 0 Å². The molecule has 0 rings (SSSR count). The van der Waals surface area contributed by atoms with Crippen molar-refractivity contribution in [3.05, 3.63) is 0 Å². The molecule has 0 aromatic rings. The maximum atomic E-state index is 0. The Bertz CT molecular complexity index is 15.5. The molecule has 0 aromatic heterocycles. The molecule has 6 heavy (non-hydrogen) atoms. The average Bonchev–Trinajstić information content (AvgIpc) is 0. The van der Waals surface area contributed by atoms with Crippen LogP contribution >= 0.6 is 0 Å². The molecule has 6 radical (unpaired) electrons. The first kappa shape index (κ1) is 39.5. The van der Waals surface area contributed by atoms with E-state index in [9.17, 15) is 0 Å². The monoisotopic (exact) mass is 696 g/mol. The summed E-state index contributed by atoms with van der Waals surface area (Å²) < 4.78 is 0. The van der Waals surface area contributed by atoms with E-state index in [0.717, 1.165) is 0 Å². The van der Waals surface area contributed by atoms with Crippen LogP contribution in [0.2, 0.25) is 0 Å². The van der Waals surface area contributed by atoms with Gasteiger partial charge < -0.3 is 0 Å². The van der Waals surface area contributed by atoms with Gasteiger partial charge >= 0.3 is 0 Å². The summed E-state index contributed by atoms with van der Waals surface area (Å²) in [6, 6.07) is 0. The van der Waals surface area contributed by atoms with E-state index in [1.54, 1.807) is 0 Å². The minimum absolute atomic E-state index is 0.